The van der Waals surface area contributed by atoms with Gasteiger partial charge >= 0.3 is 0 Å². The van der Waals surface area contributed by atoms with Crippen molar-refractivity contribution in [2.75, 3.05) is 0 Å². The lowest BCUT2D eigenvalue weighted by Gasteiger charge is -2.03. The Labute approximate surface area is 129 Å². The zero-order valence-corrected chi connectivity index (χ0v) is 13.8. The summed E-state index contributed by atoms with van der Waals surface area (Å²) in [6.45, 7) is 4.13. The van der Waals surface area contributed by atoms with E-state index in [4.69, 9.17) is 0 Å². The summed E-state index contributed by atoms with van der Waals surface area (Å²) in [6, 6.07) is 9.64. The Morgan fingerprint density at radius 2 is 1.79 bits per heavy atom. The first kappa shape index (κ1) is 14.3. The predicted octanol–water partition coefficient (Wildman–Crippen LogP) is 5.28. The SMILES string of the molecule is Cc1ccc(N=Cc2cc(Br)cc(Br)c2O)cc1C. The number of nitrogens with zero attached hydrogens (tertiary/aromatic N) is 1. The van der Waals surface area contributed by atoms with Gasteiger partial charge in [-0.1, -0.05) is 22.0 Å². The van der Waals surface area contributed by atoms with Crippen molar-refractivity contribution >= 4 is 43.8 Å². The highest BCUT2D eigenvalue weighted by Crippen LogP contribution is 2.31. The Balaban J connectivity index is 2.35. The Morgan fingerprint density at radius 1 is 1.05 bits per heavy atom. The van der Waals surface area contributed by atoms with Crippen molar-refractivity contribution in [3.05, 3.63) is 56.0 Å². The highest BCUT2D eigenvalue weighted by molar-refractivity contribution is 9.11. The van der Waals surface area contributed by atoms with Gasteiger partial charge in [0.05, 0.1) is 10.2 Å². The third-order valence-electron chi connectivity index (χ3n) is 2.90. The van der Waals surface area contributed by atoms with Gasteiger partial charge in [-0.15, -0.1) is 0 Å². The second-order valence-corrected chi connectivity index (χ2v) is 6.12. The zero-order chi connectivity index (χ0) is 14.0. The Bertz CT molecular complexity index is 651. The summed E-state index contributed by atoms with van der Waals surface area (Å²) in [7, 11) is 0. The molecule has 0 atom stereocenters. The number of aliphatic imine (C=N–C) groups is 1. The molecule has 2 nitrogen and oxygen atoms in total. The molecule has 2 aromatic carbocycles. The van der Waals surface area contributed by atoms with Crippen molar-refractivity contribution in [3.63, 3.8) is 0 Å². The molecular formula is C15H13Br2NO. The van der Waals surface area contributed by atoms with Gasteiger partial charge in [-0.3, -0.25) is 4.99 Å². The fraction of sp³-hybridized carbons (Fsp3) is 0.133. The normalized spacial score (nSPS) is 11.2. The minimum Gasteiger partial charge on any atom is -0.506 e. The number of benzene rings is 2. The smallest absolute Gasteiger partial charge is 0.138 e. The second-order valence-electron chi connectivity index (χ2n) is 4.35. The van der Waals surface area contributed by atoms with E-state index in [-0.39, 0.29) is 5.75 Å². The third-order valence-corrected chi connectivity index (χ3v) is 3.96. The number of aryl methyl sites for hydroxylation is 2. The Kier molecular flexibility index (Phi) is 4.42. The van der Waals surface area contributed by atoms with Crippen LogP contribution in [-0.2, 0) is 0 Å². The molecule has 0 aromatic heterocycles. The van der Waals surface area contributed by atoms with E-state index in [1.165, 1.54) is 11.1 Å². The van der Waals surface area contributed by atoms with Crippen LogP contribution in [0.5, 0.6) is 5.75 Å². The molecule has 0 unspecified atom stereocenters. The molecule has 0 saturated carbocycles. The van der Waals surface area contributed by atoms with Crippen molar-refractivity contribution in [2.45, 2.75) is 13.8 Å². The van der Waals surface area contributed by atoms with Gasteiger partial charge in [-0.05, 0) is 65.2 Å². The maximum Gasteiger partial charge on any atom is 0.138 e. The van der Waals surface area contributed by atoms with Gasteiger partial charge in [0.15, 0.2) is 0 Å². The molecular weight excluding hydrogens is 370 g/mol. The number of hydrogen-bond donors (Lipinski definition) is 1. The molecule has 0 aliphatic carbocycles. The fourth-order valence-electron chi connectivity index (χ4n) is 1.63. The van der Waals surface area contributed by atoms with Crippen LogP contribution in [0, 0.1) is 13.8 Å². The summed E-state index contributed by atoms with van der Waals surface area (Å²) >= 11 is 6.69. The van der Waals surface area contributed by atoms with E-state index in [0.29, 0.717) is 10.0 Å². The van der Waals surface area contributed by atoms with Crippen LogP contribution in [0.4, 0.5) is 5.69 Å². The summed E-state index contributed by atoms with van der Waals surface area (Å²) in [5.41, 5.74) is 3.99. The maximum atomic E-state index is 9.94. The number of rotatable bonds is 2. The zero-order valence-electron chi connectivity index (χ0n) is 10.6. The van der Waals surface area contributed by atoms with E-state index in [9.17, 15) is 5.11 Å². The van der Waals surface area contributed by atoms with Crippen LogP contribution in [0.15, 0.2) is 44.3 Å². The molecule has 0 spiro atoms. The molecule has 0 radical (unpaired) electrons. The van der Waals surface area contributed by atoms with Gasteiger partial charge in [0.25, 0.3) is 0 Å². The monoisotopic (exact) mass is 381 g/mol. The molecule has 19 heavy (non-hydrogen) atoms. The van der Waals surface area contributed by atoms with E-state index >= 15 is 0 Å². The highest BCUT2D eigenvalue weighted by atomic mass is 79.9. The van der Waals surface area contributed by atoms with Gasteiger partial charge in [0.2, 0.25) is 0 Å². The maximum absolute atomic E-state index is 9.94. The first-order valence-electron chi connectivity index (χ1n) is 5.76. The van der Waals surface area contributed by atoms with Crippen LogP contribution in [0.3, 0.4) is 0 Å². The molecule has 0 aliphatic rings. The first-order chi connectivity index (χ1) is 8.97. The number of phenolic OH excluding ortho intramolecular Hbond substituents is 1. The summed E-state index contributed by atoms with van der Waals surface area (Å²) < 4.78 is 1.53. The molecule has 0 fully saturated rings. The Morgan fingerprint density at radius 3 is 2.47 bits per heavy atom. The average Bonchev–Trinajstić information content (AvgIpc) is 2.36. The van der Waals surface area contributed by atoms with E-state index in [1.54, 1.807) is 12.3 Å². The molecule has 0 heterocycles. The molecule has 1 N–H and O–H groups in total. The number of hydrogen-bond acceptors (Lipinski definition) is 2. The van der Waals surface area contributed by atoms with Gasteiger partial charge in [0.1, 0.15) is 5.75 Å². The number of phenols is 1. The minimum absolute atomic E-state index is 0.191. The topological polar surface area (TPSA) is 32.6 Å². The van der Waals surface area contributed by atoms with E-state index in [0.717, 1.165) is 10.2 Å². The van der Waals surface area contributed by atoms with E-state index in [2.05, 4.69) is 50.7 Å². The van der Waals surface area contributed by atoms with E-state index in [1.807, 2.05) is 24.3 Å². The van der Waals surface area contributed by atoms with Gasteiger partial charge in [-0.2, -0.15) is 0 Å². The van der Waals surface area contributed by atoms with Crippen LogP contribution in [0.1, 0.15) is 16.7 Å². The molecule has 98 valence electrons. The Hall–Kier alpha value is -1.13. The third kappa shape index (κ3) is 3.45. The standard InChI is InChI=1S/C15H13Br2NO/c1-9-3-4-13(5-10(9)2)18-8-11-6-12(16)7-14(17)15(11)19/h3-8,19H,1-2H3. The average molecular weight is 383 g/mol. The fourth-order valence-corrected chi connectivity index (χ4v) is 2.89. The van der Waals surface area contributed by atoms with Gasteiger partial charge < -0.3 is 5.11 Å². The van der Waals surface area contributed by atoms with Crippen molar-refractivity contribution in [1.82, 2.24) is 0 Å². The van der Waals surface area contributed by atoms with Gasteiger partial charge in [0, 0.05) is 16.3 Å². The summed E-state index contributed by atoms with van der Waals surface area (Å²) in [6.07, 6.45) is 1.66. The van der Waals surface area contributed by atoms with Crippen LogP contribution in [-0.4, -0.2) is 11.3 Å². The van der Waals surface area contributed by atoms with Crippen LogP contribution in [0.2, 0.25) is 0 Å². The van der Waals surface area contributed by atoms with Crippen LogP contribution in [0.25, 0.3) is 0 Å². The lowest BCUT2D eigenvalue weighted by molar-refractivity contribution is 0.471. The van der Waals surface area contributed by atoms with Crippen LogP contribution < -0.4 is 0 Å². The summed E-state index contributed by atoms with van der Waals surface area (Å²) in [5, 5.41) is 9.94. The molecule has 0 aliphatic heterocycles. The van der Waals surface area contributed by atoms with Gasteiger partial charge in [-0.25, -0.2) is 0 Å². The molecule has 0 amide bonds. The second kappa shape index (κ2) is 5.88. The molecule has 2 rings (SSSR count). The van der Waals surface area contributed by atoms with Crippen LogP contribution >= 0.6 is 31.9 Å². The van der Waals surface area contributed by atoms with E-state index < -0.39 is 0 Å². The minimum atomic E-state index is 0.191. The highest BCUT2D eigenvalue weighted by Gasteiger charge is 2.05. The summed E-state index contributed by atoms with van der Waals surface area (Å²) in [4.78, 5) is 4.39. The number of halogens is 2. The quantitative estimate of drug-likeness (QED) is 0.703. The molecule has 0 bridgehead atoms. The first-order valence-corrected chi connectivity index (χ1v) is 7.35. The number of aromatic hydroxyl groups is 1. The molecule has 0 saturated heterocycles. The van der Waals surface area contributed by atoms with Crippen molar-refractivity contribution in [1.29, 1.82) is 0 Å². The largest absolute Gasteiger partial charge is 0.506 e. The lowest BCUT2D eigenvalue weighted by atomic mass is 10.1. The lowest BCUT2D eigenvalue weighted by Crippen LogP contribution is -1.85. The molecule has 4 heteroatoms. The van der Waals surface area contributed by atoms with Crippen molar-refractivity contribution in [2.24, 2.45) is 4.99 Å². The summed E-state index contributed by atoms with van der Waals surface area (Å²) in [5.74, 6) is 0.191. The molecule has 2 aromatic rings. The predicted molar refractivity (Wildman–Crippen MR) is 86.7 cm³/mol. The van der Waals surface area contributed by atoms with Crippen molar-refractivity contribution in [3.8, 4) is 5.75 Å². The van der Waals surface area contributed by atoms with Crippen molar-refractivity contribution < 1.29 is 5.11 Å².